The Morgan fingerprint density at radius 3 is 2.68 bits per heavy atom. The van der Waals surface area contributed by atoms with Crippen LogP contribution in [0, 0.1) is 5.92 Å². The van der Waals surface area contributed by atoms with E-state index in [4.69, 9.17) is 23.2 Å². The molecule has 1 saturated heterocycles. The van der Waals surface area contributed by atoms with Gasteiger partial charge in [0.15, 0.2) is 0 Å². The molecule has 0 saturated carbocycles. The van der Waals surface area contributed by atoms with E-state index in [1.54, 1.807) is 18.2 Å². The van der Waals surface area contributed by atoms with E-state index in [0.29, 0.717) is 35.0 Å². The summed E-state index contributed by atoms with van der Waals surface area (Å²) in [7, 11) is -3.56. The van der Waals surface area contributed by atoms with Crippen molar-refractivity contribution in [1.82, 2.24) is 9.62 Å². The molecule has 166 valence electrons. The predicted octanol–water partition coefficient (Wildman–Crippen LogP) is 4.73. The lowest BCUT2D eigenvalue weighted by atomic mass is 9.87. The van der Waals surface area contributed by atoms with Crippen LogP contribution in [0.4, 0.5) is 0 Å². The number of nitrogens with one attached hydrogen (secondary N) is 1. The average Bonchev–Trinajstić information content (AvgIpc) is 2.76. The molecule has 2 atom stereocenters. The molecule has 0 radical (unpaired) electrons. The molecule has 0 bridgehead atoms. The maximum atomic E-state index is 13.0. The minimum Gasteiger partial charge on any atom is -0.349 e. The minimum absolute atomic E-state index is 0.000595. The molecule has 1 heterocycles. The molecule has 2 aromatic carbocycles. The molecule has 2 aromatic rings. The van der Waals surface area contributed by atoms with Gasteiger partial charge in [0.05, 0.1) is 27.8 Å². The Kier molecular flexibility index (Phi) is 6.92. The zero-order valence-corrected chi connectivity index (χ0v) is 19.5. The topological polar surface area (TPSA) is 66.5 Å². The summed E-state index contributed by atoms with van der Waals surface area (Å²) in [4.78, 5) is 13.0. The first-order valence-corrected chi connectivity index (χ1v) is 13.0. The monoisotopic (exact) mass is 480 g/mol. The molecule has 1 amide bonds. The van der Waals surface area contributed by atoms with Crippen LogP contribution in [0.25, 0.3) is 0 Å². The number of halogens is 2. The Labute approximate surface area is 193 Å². The number of nitrogens with zero attached hydrogens (tertiary/aromatic N) is 1. The zero-order valence-electron chi connectivity index (χ0n) is 17.2. The van der Waals surface area contributed by atoms with Gasteiger partial charge >= 0.3 is 0 Å². The van der Waals surface area contributed by atoms with Crippen LogP contribution in [0.5, 0.6) is 0 Å². The van der Waals surface area contributed by atoms with Gasteiger partial charge in [-0.2, -0.15) is 0 Å². The van der Waals surface area contributed by atoms with Crippen molar-refractivity contribution in [3.8, 4) is 0 Å². The number of piperidine rings is 1. The van der Waals surface area contributed by atoms with Gasteiger partial charge in [0, 0.05) is 13.1 Å². The largest absolute Gasteiger partial charge is 0.349 e. The van der Waals surface area contributed by atoms with E-state index in [1.165, 1.54) is 15.4 Å². The van der Waals surface area contributed by atoms with Gasteiger partial charge in [-0.1, -0.05) is 53.5 Å². The van der Waals surface area contributed by atoms with E-state index in [1.807, 2.05) is 12.1 Å². The van der Waals surface area contributed by atoms with Crippen LogP contribution in [0.15, 0.2) is 42.5 Å². The molecule has 1 aliphatic heterocycles. The molecule has 1 fully saturated rings. The zero-order chi connectivity index (χ0) is 22.0. The fourth-order valence-corrected chi connectivity index (χ4v) is 6.45. The van der Waals surface area contributed by atoms with Crippen LogP contribution in [-0.2, 0) is 27.0 Å². The minimum atomic E-state index is -3.56. The van der Waals surface area contributed by atoms with Gasteiger partial charge in [-0.05, 0) is 60.9 Å². The lowest BCUT2D eigenvalue weighted by molar-refractivity contribution is -0.127. The smallest absolute Gasteiger partial charge is 0.224 e. The first-order valence-electron chi connectivity index (χ1n) is 10.6. The second kappa shape index (κ2) is 9.49. The summed E-state index contributed by atoms with van der Waals surface area (Å²) >= 11 is 12.0. The molecule has 4 rings (SSSR count). The molecule has 2 aliphatic rings. The van der Waals surface area contributed by atoms with Crippen LogP contribution in [0.3, 0.4) is 0 Å². The summed E-state index contributed by atoms with van der Waals surface area (Å²) in [5.41, 5.74) is 3.05. The van der Waals surface area contributed by atoms with E-state index < -0.39 is 10.0 Å². The van der Waals surface area contributed by atoms with Crippen molar-refractivity contribution < 1.29 is 13.2 Å². The van der Waals surface area contributed by atoms with E-state index >= 15 is 0 Å². The standard InChI is InChI=1S/C23H26Cl2N2O3S/c24-20-11-10-16(13-21(20)25)15-31(29,30)27-12-4-7-18(14-27)23(28)26-22-9-3-6-17-5-1-2-8-19(17)22/h1-2,5,8,10-11,13,18,22H,3-4,6-7,9,12,14-15H2,(H,26,28)/t18-,22-/m1/s1. The Hall–Kier alpha value is -1.60. The van der Waals surface area contributed by atoms with Crippen LogP contribution >= 0.6 is 23.2 Å². The highest BCUT2D eigenvalue weighted by molar-refractivity contribution is 7.88. The SMILES string of the molecule is O=C(N[C@@H]1CCCc2ccccc21)[C@@H]1CCCN(S(=O)(=O)Cc2ccc(Cl)c(Cl)c2)C1. The van der Waals surface area contributed by atoms with Crippen LogP contribution < -0.4 is 5.32 Å². The van der Waals surface area contributed by atoms with E-state index in [2.05, 4.69) is 17.4 Å². The summed E-state index contributed by atoms with van der Waals surface area (Å²) in [6, 6.07) is 13.1. The number of hydrogen-bond donors (Lipinski definition) is 1. The van der Waals surface area contributed by atoms with Crippen molar-refractivity contribution in [2.24, 2.45) is 5.92 Å². The fraction of sp³-hybridized carbons (Fsp3) is 0.435. The third-order valence-electron chi connectivity index (χ3n) is 6.17. The summed E-state index contributed by atoms with van der Waals surface area (Å²) in [6.07, 6.45) is 4.34. The normalized spacial score (nSPS) is 22.0. The highest BCUT2D eigenvalue weighted by atomic mass is 35.5. The molecule has 1 aliphatic carbocycles. The Morgan fingerprint density at radius 1 is 1.06 bits per heavy atom. The van der Waals surface area contributed by atoms with Crippen molar-refractivity contribution >= 4 is 39.1 Å². The number of sulfonamides is 1. The van der Waals surface area contributed by atoms with Crippen LogP contribution in [-0.4, -0.2) is 31.7 Å². The van der Waals surface area contributed by atoms with Gasteiger partial charge in [-0.15, -0.1) is 0 Å². The van der Waals surface area contributed by atoms with E-state index in [9.17, 15) is 13.2 Å². The third kappa shape index (κ3) is 5.25. The van der Waals surface area contributed by atoms with E-state index in [-0.39, 0.29) is 30.2 Å². The number of benzene rings is 2. The second-order valence-corrected chi connectivity index (χ2v) is 11.1. The van der Waals surface area contributed by atoms with Gasteiger partial charge in [-0.3, -0.25) is 4.79 Å². The molecule has 0 aromatic heterocycles. The maximum absolute atomic E-state index is 13.0. The first kappa shape index (κ1) is 22.6. The van der Waals surface area contributed by atoms with Crippen molar-refractivity contribution in [3.63, 3.8) is 0 Å². The molecule has 31 heavy (non-hydrogen) atoms. The predicted molar refractivity (Wildman–Crippen MR) is 124 cm³/mol. The number of carbonyl (C=O) groups is 1. The van der Waals surface area contributed by atoms with Crippen LogP contribution in [0.2, 0.25) is 10.0 Å². The summed E-state index contributed by atoms with van der Waals surface area (Å²) < 4.78 is 27.4. The summed E-state index contributed by atoms with van der Waals surface area (Å²) in [5.74, 6) is -0.559. The summed E-state index contributed by atoms with van der Waals surface area (Å²) in [6.45, 7) is 0.642. The first-order chi connectivity index (χ1) is 14.8. The number of carbonyl (C=O) groups excluding carboxylic acids is 1. The quantitative estimate of drug-likeness (QED) is 0.672. The van der Waals surface area contributed by atoms with Crippen molar-refractivity contribution in [3.05, 3.63) is 69.2 Å². The lowest BCUT2D eigenvalue weighted by Gasteiger charge is -2.33. The Morgan fingerprint density at radius 2 is 1.87 bits per heavy atom. The number of rotatable bonds is 5. The fourth-order valence-electron chi connectivity index (χ4n) is 4.53. The molecular formula is C23H26Cl2N2O3S. The molecule has 5 nitrogen and oxygen atoms in total. The molecular weight excluding hydrogens is 455 g/mol. The Bertz CT molecular complexity index is 1070. The third-order valence-corrected chi connectivity index (χ3v) is 8.72. The highest BCUT2D eigenvalue weighted by Gasteiger charge is 2.33. The maximum Gasteiger partial charge on any atom is 0.224 e. The highest BCUT2D eigenvalue weighted by Crippen LogP contribution is 2.31. The lowest BCUT2D eigenvalue weighted by Crippen LogP contribution is -2.46. The Balaban J connectivity index is 1.42. The van der Waals surface area contributed by atoms with Crippen molar-refractivity contribution in [2.75, 3.05) is 13.1 Å². The van der Waals surface area contributed by atoms with Gasteiger partial charge in [-0.25, -0.2) is 12.7 Å². The molecule has 1 N–H and O–H groups in total. The van der Waals surface area contributed by atoms with Gasteiger partial charge in [0.2, 0.25) is 15.9 Å². The number of amides is 1. The molecule has 0 unspecified atom stereocenters. The average molecular weight is 481 g/mol. The van der Waals surface area contributed by atoms with E-state index in [0.717, 1.165) is 19.3 Å². The number of hydrogen-bond acceptors (Lipinski definition) is 3. The molecule has 8 heteroatoms. The van der Waals surface area contributed by atoms with Gasteiger partial charge in [0.25, 0.3) is 0 Å². The number of fused-ring (bicyclic) bond motifs is 1. The van der Waals surface area contributed by atoms with Crippen molar-refractivity contribution in [2.45, 2.75) is 43.9 Å². The van der Waals surface area contributed by atoms with Gasteiger partial charge in [0.1, 0.15) is 0 Å². The number of aryl methyl sites for hydroxylation is 1. The van der Waals surface area contributed by atoms with Crippen LogP contribution in [0.1, 0.15) is 48.4 Å². The molecule has 0 spiro atoms. The van der Waals surface area contributed by atoms with Crippen molar-refractivity contribution in [1.29, 1.82) is 0 Å². The second-order valence-electron chi connectivity index (χ2n) is 8.35. The summed E-state index contributed by atoms with van der Waals surface area (Å²) in [5, 5.41) is 3.91. The van der Waals surface area contributed by atoms with Gasteiger partial charge < -0.3 is 5.32 Å².